The van der Waals surface area contributed by atoms with Gasteiger partial charge in [0.25, 0.3) is 0 Å². The smallest absolute Gasteiger partial charge is 0.328 e. The third kappa shape index (κ3) is 5.32. The van der Waals surface area contributed by atoms with Crippen molar-refractivity contribution in [3.8, 4) is 0 Å². The molecule has 1 N–H and O–H groups in total. The number of hydrogen-bond donors (Lipinski definition) is 1. The minimum atomic E-state index is -3.54. The van der Waals surface area contributed by atoms with Crippen LogP contribution in [-0.4, -0.2) is 37.4 Å². The monoisotopic (exact) mass is 311 g/mol. The first-order valence-corrected chi connectivity index (χ1v) is 8.15. The van der Waals surface area contributed by atoms with E-state index in [2.05, 4.69) is 0 Å². The summed E-state index contributed by atoms with van der Waals surface area (Å²) in [6.45, 7) is 4.53. The average molecular weight is 311 g/mol. The molecular formula is C15H21NO4S. The number of carboxylic acids is 1. The summed E-state index contributed by atoms with van der Waals surface area (Å²) in [5.41, 5.74) is 0.538. The van der Waals surface area contributed by atoms with Crippen molar-refractivity contribution in [1.29, 1.82) is 0 Å². The van der Waals surface area contributed by atoms with Crippen LogP contribution in [0.1, 0.15) is 25.8 Å². The first kappa shape index (κ1) is 17.4. The minimum absolute atomic E-state index is 0.168. The first-order chi connectivity index (χ1) is 9.73. The van der Waals surface area contributed by atoms with Gasteiger partial charge in [0.15, 0.2) is 0 Å². The molecule has 0 unspecified atom stereocenters. The number of carbonyl (C=O) groups is 1. The zero-order valence-electron chi connectivity index (χ0n) is 12.5. The number of nitrogens with zero attached hydrogens (tertiary/aromatic N) is 1. The molecule has 0 aliphatic rings. The summed E-state index contributed by atoms with van der Waals surface area (Å²) in [5.74, 6) is -0.648. The van der Waals surface area contributed by atoms with Crippen molar-refractivity contribution in [2.45, 2.75) is 25.2 Å². The lowest BCUT2D eigenvalue weighted by molar-refractivity contribution is -0.131. The normalized spacial score (nSPS) is 12.4. The van der Waals surface area contributed by atoms with Gasteiger partial charge in [0.1, 0.15) is 0 Å². The standard InChI is InChI=1S/C15H21NO4S/c1-12(2)9-10-16(3)21(19,20)14-6-4-5-13(11-14)7-8-15(17)18/h4-8,11-12H,9-10H2,1-3H3,(H,17,18). The van der Waals surface area contributed by atoms with Crippen molar-refractivity contribution in [2.75, 3.05) is 13.6 Å². The second-order valence-electron chi connectivity index (χ2n) is 5.25. The molecule has 6 heteroatoms. The van der Waals surface area contributed by atoms with Crippen LogP contribution in [-0.2, 0) is 14.8 Å². The lowest BCUT2D eigenvalue weighted by Crippen LogP contribution is -2.28. The number of aliphatic carboxylic acids is 1. The van der Waals surface area contributed by atoms with Gasteiger partial charge in [-0.2, -0.15) is 0 Å². The van der Waals surface area contributed by atoms with Crippen LogP contribution in [0.2, 0.25) is 0 Å². The molecule has 0 fully saturated rings. The van der Waals surface area contributed by atoms with E-state index in [1.54, 1.807) is 19.2 Å². The molecule has 0 bridgehead atoms. The second kappa shape index (κ2) is 7.38. The van der Waals surface area contributed by atoms with Crippen LogP contribution >= 0.6 is 0 Å². The highest BCUT2D eigenvalue weighted by Crippen LogP contribution is 2.17. The Bertz CT molecular complexity index is 620. The van der Waals surface area contributed by atoms with E-state index in [-0.39, 0.29) is 4.90 Å². The van der Waals surface area contributed by atoms with E-state index in [0.717, 1.165) is 12.5 Å². The lowest BCUT2D eigenvalue weighted by atomic mass is 10.1. The lowest BCUT2D eigenvalue weighted by Gasteiger charge is -2.18. The SMILES string of the molecule is CC(C)CCN(C)S(=O)(=O)c1cccc(C=CC(=O)O)c1. The summed E-state index contributed by atoms with van der Waals surface area (Å²) < 4.78 is 26.2. The van der Waals surface area contributed by atoms with Crippen LogP contribution in [0, 0.1) is 5.92 Å². The Balaban J connectivity index is 2.98. The van der Waals surface area contributed by atoms with Gasteiger partial charge in [0.2, 0.25) is 10.0 Å². The summed E-state index contributed by atoms with van der Waals surface area (Å²) in [5, 5.41) is 8.60. The van der Waals surface area contributed by atoms with Crippen molar-refractivity contribution >= 4 is 22.1 Å². The Labute approximate surface area is 126 Å². The molecule has 0 aromatic heterocycles. The fraction of sp³-hybridized carbons (Fsp3) is 0.400. The van der Waals surface area contributed by atoms with Gasteiger partial charge in [-0.3, -0.25) is 0 Å². The summed E-state index contributed by atoms with van der Waals surface area (Å²) >= 11 is 0. The Morgan fingerprint density at radius 2 is 2.05 bits per heavy atom. The van der Waals surface area contributed by atoms with Crippen LogP contribution in [0.5, 0.6) is 0 Å². The van der Waals surface area contributed by atoms with Gasteiger partial charge < -0.3 is 5.11 Å². The molecule has 1 rings (SSSR count). The van der Waals surface area contributed by atoms with Crippen molar-refractivity contribution in [3.05, 3.63) is 35.9 Å². The molecule has 1 aromatic rings. The number of sulfonamides is 1. The van der Waals surface area contributed by atoms with E-state index in [9.17, 15) is 13.2 Å². The highest BCUT2D eigenvalue weighted by Gasteiger charge is 2.20. The molecule has 0 atom stereocenters. The zero-order valence-corrected chi connectivity index (χ0v) is 13.3. The molecule has 116 valence electrons. The Morgan fingerprint density at radius 1 is 1.38 bits per heavy atom. The second-order valence-corrected chi connectivity index (χ2v) is 7.30. The molecule has 21 heavy (non-hydrogen) atoms. The molecule has 0 spiro atoms. The average Bonchev–Trinajstić information content (AvgIpc) is 2.42. The molecule has 5 nitrogen and oxygen atoms in total. The molecule has 0 saturated carbocycles. The molecule has 0 aliphatic carbocycles. The third-order valence-electron chi connectivity index (χ3n) is 3.01. The van der Waals surface area contributed by atoms with Crippen LogP contribution in [0.4, 0.5) is 0 Å². The fourth-order valence-electron chi connectivity index (χ4n) is 1.69. The van der Waals surface area contributed by atoms with E-state index in [1.807, 2.05) is 13.8 Å². The number of rotatable bonds is 7. The van der Waals surface area contributed by atoms with Crippen molar-refractivity contribution in [3.63, 3.8) is 0 Å². The molecular weight excluding hydrogens is 290 g/mol. The highest BCUT2D eigenvalue weighted by molar-refractivity contribution is 7.89. The van der Waals surface area contributed by atoms with Crippen LogP contribution in [0.25, 0.3) is 6.08 Å². The van der Waals surface area contributed by atoms with E-state index in [0.29, 0.717) is 18.0 Å². The van der Waals surface area contributed by atoms with Gasteiger partial charge in [-0.1, -0.05) is 26.0 Å². The Hall–Kier alpha value is -1.66. The number of hydrogen-bond acceptors (Lipinski definition) is 3. The first-order valence-electron chi connectivity index (χ1n) is 6.71. The summed E-state index contributed by atoms with van der Waals surface area (Å²) in [6, 6.07) is 6.25. The Kier molecular flexibility index (Phi) is 6.11. The van der Waals surface area contributed by atoms with Gasteiger partial charge in [0.05, 0.1) is 4.90 Å². The molecule has 0 radical (unpaired) electrons. The van der Waals surface area contributed by atoms with Gasteiger partial charge in [0, 0.05) is 19.7 Å². The summed E-state index contributed by atoms with van der Waals surface area (Å²) in [7, 11) is -1.99. The van der Waals surface area contributed by atoms with Gasteiger partial charge >= 0.3 is 5.97 Å². The Morgan fingerprint density at radius 3 is 2.62 bits per heavy atom. The summed E-state index contributed by atoms with van der Waals surface area (Å²) in [4.78, 5) is 10.7. The fourth-order valence-corrected chi connectivity index (χ4v) is 2.93. The van der Waals surface area contributed by atoms with Gasteiger partial charge in [-0.05, 0) is 36.1 Å². The quantitative estimate of drug-likeness (QED) is 0.785. The van der Waals surface area contributed by atoms with Gasteiger partial charge in [-0.15, -0.1) is 0 Å². The number of benzene rings is 1. The summed E-state index contributed by atoms with van der Waals surface area (Å²) in [6.07, 6.45) is 3.14. The van der Waals surface area contributed by atoms with E-state index in [4.69, 9.17) is 5.11 Å². The topological polar surface area (TPSA) is 74.7 Å². The molecule has 1 aromatic carbocycles. The largest absolute Gasteiger partial charge is 0.478 e. The predicted octanol–water partition coefficient (Wildman–Crippen LogP) is 2.45. The van der Waals surface area contributed by atoms with Crippen molar-refractivity contribution in [1.82, 2.24) is 4.31 Å². The van der Waals surface area contributed by atoms with E-state index in [1.165, 1.54) is 22.5 Å². The van der Waals surface area contributed by atoms with Crippen LogP contribution < -0.4 is 0 Å². The molecule has 0 amide bonds. The molecule has 0 aliphatic heterocycles. The van der Waals surface area contributed by atoms with Crippen LogP contribution in [0.15, 0.2) is 35.2 Å². The zero-order chi connectivity index (χ0) is 16.0. The highest BCUT2D eigenvalue weighted by atomic mass is 32.2. The van der Waals surface area contributed by atoms with Crippen molar-refractivity contribution in [2.24, 2.45) is 5.92 Å². The van der Waals surface area contributed by atoms with E-state index < -0.39 is 16.0 Å². The third-order valence-corrected chi connectivity index (χ3v) is 4.86. The van der Waals surface area contributed by atoms with Gasteiger partial charge in [-0.25, -0.2) is 17.5 Å². The van der Waals surface area contributed by atoms with Crippen LogP contribution in [0.3, 0.4) is 0 Å². The van der Waals surface area contributed by atoms with Crippen molar-refractivity contribution < 1.29 is 18.3 Å². The molecule has 0 heterocycles. The maximum Gasteiger partial charge on any atom is 0.328 e. The maximum atomic E-state index is 12.4. The predicted molar refractivity (Wildman–Crippen MR) is 82.4 cm³/mol. The van der Waals surface area contributed by atoms with E-state index >= 15 is 0 Å². The molecule has 0 saturated heterocycles. The number of carboxylic acid groups (broad SMARTS) is 1. The minimum Gasteiger partial charge on any atom is -0.478 e. The maximum absolute atomic E-state index is 12.4.